The van der Waals surface area contributed by atoms with Crippen molar-refractivity contribution in [2.45, 2.75) is 34.1 Å². The quantitative estimate of drug-likeness (QED) is 0.564. The van der Waals surface area contributed by atoms with Crippen LogP contribution in [0.25, 0.3) is 0 Å². The van der Waals surface area contributed by atoms with E-state index in [0.29, 0.717) is 11.2 Å². The molecule has 1 saturated carbocycles. The molecule has 0 aromatic rings. The lowest BCUT2D eigenvalue weighted by molar-refractivity contribution is -0.120. The van der Waals surface area contributed by atoms with E-state index >= 15 is 0 Å². The molecule has 0 heterocycles. The average Bonchev–Trinajstić information content (AvgIpc) is 2.52. The summed E-state index contributed by atoms with van der Waals surface area (Å²) < 4.78 is 0. The van der Waals surface area contributed by atoms with Crippen molar-refractivity contribution in [3.63, 3.8) is 0 Å². The zero-order chi connectivity index (χ0) is 9.80. The van der Waals surface area contributed by atoms with Crippen molar-refractivity contribution in [3.8, 4) is 0 Å². The second-order valence-corrected chi connectivity index (χ2v) is 5.26. The number of rotatable bonds is 1. The molecule has 0 bridgehead atoms. The molecule has 0 spiro atoms. The fourth-order valence-electron chi connectivity index (χ4n) is 2.89. The SMILES string of the molecule is CC(=O)[C@@H]1CC2C(C=C1C)C2(C)C. The molecule has 1 fully saturated rings. The Balaban J connectivity index is 2.21. The Labute approximate surface area is 80.2 Å². The lowest BCUT2D eigenvalue weighted by Gasteiger charge is -2.18. The summed E-state index contributed by atoms with van der Waals surface area (Å²) in [5.74, 6) is 2.09. The first kappa shape index (κ1) is 8.98. The van der Waals surface area contributed by atoms with E-state index in [1.54, 1.807) is 6.92 Å². The van der Waals surface area contributed by atoms with Crippen molar-refractivity contribution in [1.82, 2.24) is 0 Å². The van der Waals surface area contributed by atoms with Crippen molar-refractivity contribution < 1.29 is 4.79 Å². The highest BCUT2D eigenvalue weighted by Crippen LogP contribution is 2.64. The zero-order valence-corrected chi connectivity index (χ0v) is 8.92. The fourth-order valence-corrected chi connectivity index (χ4v) is 2.89. The molecular weight excluding hydrogens is 160 g/mol. The van der Waals surface area contributed by atoms with Crippen LogP contribution in [-0.2, 0) is 4.79 Å². The summed E-state index contributed by atoms with van der Waals surface area (Å²) in [7, 11) is 0. The highest BCUT2D eigenvalue weighted by molar-refractivity contribution is 5.81. The lowest BCUT2D eigenvalue weighted by atomic mass is 9.86. The first-order chi connectivity index (χ1) is 5.94. The van der Waals surface area contributed by atoms with Gasteiger partial charge in [0, 0.05) is 5.92 Å². The molecule has 13 heavy (non-hydrogen) atoms. The van der Waals surface area contributed by atoms with Gasteiger partial charge in [-0.25, -0.2) is 0 Å². The minimum absolute atomic E-state index is 0.225. The smallest absolute Gasteiger partial charge is 0.136 e. The van der Waals surface area contributed by atoms with Gasteiger partial charge in [0.2, 0.25) is 0 Å². The van der Waals surface area contributed by atoms with Crippen LogP contribution < -0.4 is 0 Å². The highest BCUT2D eigenvalue weighted by atomic mass is 16.1. The first-order valence-corrected chi connectivity index (χ1v) is 5.13. The summed E-state index contributed by atoms with van der Waals surface area (Å²) in [6, 6.07) is 0. The number of ketones is 1. The van der Waals surface area contributed by atoms with Crippen molar-refractivity contribution >= 4 is 5.78 Å². The third-order valence-corrected chi connectivity index (χ3v) is 4.11. The second-order valence-electron chi connectivity index (χ2n) is 5.26. The van der Waals surface area contributed by atoms with Gasteiger partial charge in [0.05, 0.1) is 0 Å². The monoisotopic (exact) mass is 178 g/mol. The number of allylic oxidation sites excluding steroid dienone is 2. The predicted molar refractivity (Wildman–Crippen MR) is 53.3 cm³/mol. The molecule has 0 aromatic heterocycles. The van der Waals surface area contributed by atoms with Crippen LogP contribution in [0.1, 0.15) is 34.1 Å². The molecule has 2 aliphatic rings. The topological polar surface area (TPSA) is 17.1 Å². The number of Topliss-reactive ketones (excluding diaryl/α,β-unsaturated/α-hetero) is 1. The summed E-state index contributed by atoms with van der Waals surface area (Å²) in [6.07, 6.45) is 3.43. The van der Waals surface area contributed by atoms with Gasteiger partial charge in [-0.1, -0.05) is 25.5 Å². The molecule has 1 heteroatoms. The summed E-state index contributed by atoms with van der Waals surface area (Å²) in [5, 5.41) is 0. The molecule has 0 saturated heterocycles. The summed E-state index contributed by atoms with van der Waals surface area (Å²) in [4.78, 5) is 11.3. The Kier molecular flexibility index (Phi) is 1.70. The van der Waals surface area contributed by atoms with E-state index in [2.05, 4.69) is 26.8 Å². The average molecular weight is 178 g/mol. The van der Waals surface area contributed by atoms with E-state index in [1.807, 2.05) is 0 Å². The van der Waals surface area contributed by atoms with Crippen LogP contribution in [-0.4, -0.2) is 5.78 Å². The summed E-state index contributed by atoms with van der Waals surface area (Å²) >= 11 is 0. The Morgan fingerprint density at radius 3 is 2.69 bits per heavy atom. The van der Waals surface area contributed by atoms with Crippen molar-refractivity contribution in [3.05, 3.63) is 11.6 Å². The zero-order valence-electron chi connectivity index (χ0n) is 8.92. The molecule has 0 aliphatic heterocycles. The van der Waals surface area contributed by atoms with Gasteiger partial charge in [-0.2, -0.15) is 0 Å². The molecule has 0 amide bonds. The van der Waals surface area contributed by atoms with Crippen molar-refractivity contribution in [1.29, 1.82) is 0 Å². The van der Waals surface area contributed by atoms with E-state index < -0.39 is 0 Å². The van der Waals surface area contributed by atoms with Gasteiger partial charge in [0.15, 0.2) is 0 Å². The Hall–Kier alpha value is -0.590. The molecule has 2 unspecified atom stereocenters. The summed E-state index contributed by atoms with van der Waals surface area (Å²) in [6.45, 7) is 8.46. The van der Waals surface area contributed by atoms with Crippen LogP contribution in [0.4, 0.5) is 0 Å². The fraction of sp³-hybridized carbons (Fsp3) is 0.750. The Morgan fingerprint density at radius 2 is 2.15 bits per heavy atom. The van der Waals surface area contributed by atoms with Gasteiger partial charge in [-0.05, 0) is 37.5 Å². The van der Waals surface area contributed by atoms with Crippen LogP contribution in [0.15, 0.2) is 11.6 Å². The maximum atomic E-state index is 11.3. The van der Waals surface area contributed by atoms with Crippen LogP contribution in [0.5, 0.6) is 0 Å². The summed E-state index contributed by atoms with van der Waals surface area (Å²) in [5.41, 5.74) is 1.77. The molecule has 0 radical (unpaired) electrons. The standard InChI is InChI=1S/C12H18O/c1-7-5-10-11(12(10,3)4)6-9(7)8(2)13/h5,9-11H,6H2,1-4H3/t9-,10?,11?/m1/s1. The maximum absolute atomic E-state index is 11.3. The van der Waals surface area contributed by atoms with E-state index in [0.717, 1.165) is 18.3 Å². The number of carbonyl (C=O) groups is 1. The van der Waals surface area contributed by atoms with Crippen LogP contribution >= 0.6 is 0 Å². The van der Waals surface area contributed by atoms with Gasteiger partial charge >= 0.3 is 0 Å². The molecule has 3 atom stereocenters. The van der Waals surface area contributed by atoms with E-state index in [1.165, 1.54) is 5.57 Å². The Bertz CT molecular complexity index is 285. The number of fused-ring (bicyclic) bond motifs is 1. The van der Waals surface area contributed by atoms with E-state index in [-0.39, 0.29) is 5.92 Å². The molecule has 2 aliphatic carbocycles. The van der Waals surface area contributed by atoms with Gasteiger partial charge in [-0.3, -0.25) is 4.79 Å². The largest absolute Gasteiger partial charge is 0.299 e. The van der Waals surface area contributed by atoms with Gasteiger partial charge < -0.3 is 0 Å². The maximum Gasteiger partial charge on any atom is 0.136 e. The van der Waals surface area contributed by atoms with E-state index in [4.69, 9.17) is 0 Å². The number of hydrogen-bond acceptors (Lipinski definition) is 1. The van der Waals surface area contributed by atoms with Crippen LogP contribution in [0.3, 0.4) is 0 Å². The molecule has 72 valence electrons. The molecule has 1 nitrogen and oxygen atoms in total. The predicted octanol–water partition coefficient (Wildman–Crippen LogP) is 2.81. The normalized spacial score (nSPS) is 40.6. The molecule has 0 N–H and O–H groups in total. The van der Waals surface area contributed by atoms with E-state index in [9.17, 15) is 4.79 Å². The lowest BCUT2D eigenvalue weighted by Crippen LogP contribution is -2.16. The van der Waals surface area contributed by atoms with Crippen molar-refractivity contribution in [2.24, 2.45) is 23.2 Å². The first-order valence-electron chi connectivity index (χ1n) is 5.13. The molecule has 0 aromatic carbocycles. The minimum Gasteiger partial charge on any atom is -0.299 e. The van der Waals surface area contributed by atoms with Crippen LogP contribution in [0.2, 0.25) is 0 Å². The molecular formula is C12H18O. The van der Waals surface area contributed by atoms with Crippen LogP contribution in [0, 0.1) is 23.2 Å². The second kappa shape index (κ2) is 2.46. The third kappa shape index (κ3) is 1.17. The molecule has 2 rings (SSSR count). The van der Waals surface area contributed by atoms with Gasteiger partial charge in [-0.15, -0.1) is 0 Å². The minimum atomic E-state index is 0.225. The Morgan fingerprint density at radius 1 is 1.54 bits per heavy atom. The highest BCUT2D eigenvalue weighted by Gasteiger charge is 2.58. The van der Waals surface area contributed by atoms with Crippen molar-refractivity contribution in [2.75, 3.05) is 0 Å². The van der Waals surface area contributed by atoms with Gasteiger partial charge in [0.25, 0.3) is 0 Å². The number of carbonyl (C=O) groups excluding carboxylic acids is 1. The van der Waals surface area contributed by atoms with Gasteiger partial charge in [0.1, 0.15) is 5.78 Å². The number of hydrogen-bond donors (Lipinski definition) is 0. The third-order valence-electron chi connectivity index (χ3n) is 4.11.